The number of nitrogens with zero attached hydrogens (tertiary/aromatic N) is 4. The molecule has 1 unspecified atom stereocenters. The molecule has 4 rings (SSSR count). The maximum atomic E-state index is 12.9. The zero-order valence-corrected chi connectivity index (χ0v) is 17.3. The average molecular weight is 440 g/mol. The Morgan fingerprint density at radius 1 is 1.29 bits per heavy atom. The Hall–Kier alpha value is -2.67. The number of benzene rings is 1. The van der Waals surface area contributed by atoms with Crippen LogP contribution in [0.25, 0.3) is 0 Å². The second-order valence-corrected chi connectivity index (χ2v) is 8.08. The van der Waals surface area contributed by atoms with Gasteiger partial charge in [0, 0.05) is 42.7 Å². The number of aryl methyl sites for hydroxylation is 1. The van der Waals surface area contributed by atoms with E-state index >= 15 is 0 Å². The first-order valence-electron chi connectivity index (χ1n) is 9.33. The molecule has 1 amide bonds. The fourth-order valence-electron chi connectivity index (χ4n) is 3.66. The largest absolute Gasteiger partial charge is 0.356 e. The SMILES string of the molecule is Cn1cc(CC2CCN(c3ncccc3C(=O)Nc3ccc(Br)cc3)C2)cn1. The Labute approximate surface area is 172 Å². The van der Waals surface area contributed by atoms with Crippen LogP contribution in [-0.4, -0.2) is 33.8 Å². The lowest BCUT2D eigenvalue weighted by Crippen LogP contribution is -2.25. The second kappa shape index (κ2) is 8.14. The number of halogens is 1. The van der Waals surface area contributed by atoms with Gasteiger partial charge in [0.25, 0.3) is 5.91 Å². The zero-order chi connectivity index (χ0) is 19.5. The van der Waals surface area contributed by atoms with Crippen LogP contribution in [0.5, 0.6) is 0 Å². The minimum atomic E-state index is -0.138. The number of hydrogen-bond donors (Lipinski definition) is 1. The van der Waals surface area contributed by atoms with Crippen molar-refractivity contribution in [3.63, 3.8) is 0 Å². The molecule has 1 saturated heterocycles. The van der Waals surface area contributed by atoms with Crippen molar-refractivity contribution in [3.05, 3.63) is 70.6 Å². The van der Waals surface area contributed by atoms with E-state index in [1.165, 1.54) is 5.56 Å². The zero-order valence-electron chi connectivity index (χ0n) is 15.7. The van der Waals surface area contributed by atoms with E-state index in [9.17, 15) is 4.79 Å². The molecule has 3 aromatic rings. The Bertz CT molecular complexity index is 969. The molecule has 1 atom stereocenters. The van der Waals surface area contributed by atoms with Crippen molar-refractivity contribution in [2.75, 3.05) is 23.3 Å². The molecule has 1 N–H and O–H groups in total. The van der Waals surface area contributed by atoms with Gasteiger partial charge >= 0.3 is 0 Å². The number of carbonyl (C=O) groups excluding carboxylic acids is 1. The molecule has 6 nitrogen and oxygen atoms in total. The summed E-state index contributed by atoms with van der Waals surface area (Å²) in [5.74, 6) is 1.15. The Morgan fingerprint density at radius 3 is 2.86 bits per heavy atom. The summed E-state index contributed by atoms with van der Waals surface area (Å²) in [4.78, 5) is 19.6. The predicted molar refractivity (Wildman–Crippen MR) is 114 cm³/mol. The maximum absolute atomic E-state index is 12.9. The molecule has 144 valence electrons. The van der Waals surface area contributed by atoms with E-state index in [0.29, 0.717) is 11.5 Å². The first-order valence-corrected chi connectivity index (χ1v) is 10.1. The summed E-state index contributed by atoms with van der Waals surface area (Å²) in [5, 5.41) is 7.22. The summed E-state index contributed by atoms with van der Waals surface area (Å²) in [6.45, 7) is 1.80. The molecule has 1 fully saturated rings. The fraction of sp³-hybridized carbons (Fsp3) is 0.286. The van der Waals surface area contributed by atoms with Gasteiger partial charge in [0.1, 0.15) is 5.82 Å². The van der Waals surface area contributed by atoms with Crippen molar-refractivity contribution in [1.82, 2.24) is 14.8 Å². The number of pyridine rings is 1. The third-order valence-electron chi connectivity index (χ3n) is 5.00. The molecule has 0 bridgehead atoms. The van der Waals surface area contributed by atoms with Gasteiger partial charge in [-0.2, -0.15) is 5.10 Å². The minimum Gasteiger partial charge on any atom is -0.356 e. The van der Waals surface area contributed by atoms with Crippen LogP contribution < -0.4 is 10.2 Å². The van der Waals surface area contributed by atoms with E-state index < -0.39 is 0 Å². The summed E-state index contributed by atoms with van der Waals surface area (Å²) >= 11 is 3.41. The number of rotatable bonds is 5. The minimum absolute atomic E-state index is 0.138. The van der Waals surface area contributed by atoms with Crippen molar-refractivity contribution in [2.24, 2.45) is 13.0 Å². The summed E-state index contributed by atoms with van der Waals surface area (Å²) in [7, 11) is 1.94. The predicted octanol–water partition coefficient (Wildman–Crippen LogP) is 3.90. The lowest BCUT2D eigenvalue weighted by Gasteiger charge is -2.20. The number of carbonyl (C=O) groups is 1. The third kappa shape index (κ3) is 4.25. The normalized spacial score (nSPS) is 16.4. The van der Waals surface area contributed by atoms with Crippen molar-refractivity contribution in [3.8, 4) is 0 Å². The van der Waals surface area contributed by atoms with Gasteiger partial charge in [0.15, 0.2) is 0 Å². The van der Waals surface area contributed by atoms with Crippen LogP contribution in [0.2, 0.25) is 0 Å². The lowest BCUT2D eigenvalue weighted by atomic mass is 10.0. The van der Waals surface area contributed by atoms with Gasteiger partial charge in [-0.25, -0.2) is 4.98 Å². The van der Waals surface area contributed by atoms with Gasteiger partial charge in [-0.05, 0) is 60.7 Å². The average Bonchev–Trinajstić information content (AvgIpc) is 3.33. The van der Waals surface area contributed by atoms with Gasteiger partial charge in [-0.3, -0.25) is 9.48 Å². The smallest absolute Gasteiger partial charge is 0.259 e. The standard InChI is InChI=1S/C21H22BrN5O/c1-26-13-16(12-24-26)11-15-8-10-27(14-15)20-19(3-2-9-23-20)21(28)25-18-6-4-17(22)5-7-18/h2-7,9,12-13,15H,8,10-11,14H2,1H3,(H,25,28). The maximum Gasteiger partial charge on any atom is 0.259 e. The number of aromatic nitrogens is 3. The summed E-state index contributed by atoms with van der Waals surface area (Å²) in [6.07, 6.45) is 7.83. The molecule has 1 aromatic carbocycles. The molecular formula is C21H22BrN5O. The van der Waals surface area contributed by atoms with E-state index in [1.807, 2.05) is 54.3 Å². The van der Waals surface area contributed by atoms with Crippen molar-refractivity contribution in [2.45, 2.75) is 12.8 Å². The van der Waals surface area contributed by atoms with E-state index in [-0.39, 0.29) is 5.91 Å². The van der Waals surface area contributed by atoms with Crippen LogP contribution in [0, 0.1) is 5.92 Å². The molecule has 28 heavy (non-hydrogen) atoms. The van der Waals surface area contributed by atoms with Crippen molar-refractivity contribution >= 4 is 33.3 Å². The van der Waals surface area contributed by atoms with Gasteiger partial charge in [-0.15, -0.1) is 0 Å². The number of anilines is 2. The molecule has 0 spiro atoms. The topological polar surface area (TPSA) is 63.1 Å². The third-order valence-corrected chi connectivity index (χ3v) is 5.53. The molecule has 0 saturated carbocycles. The van der Waals surface area contributed by atoms with E-state index in [1.54, 1.807) is 6.20 Å². The van der Waals surface area contributed by atoms with Gasteiger partial charge in [0.05, 0.1) is 11.8 Å². The van der Waals surface area contributed by atoms with Crippen LogP contribution in [-0.2, 0) is 13.5 Å². The van der Waals surface area contributed by atoms with E-state index in [2.05, 4.69) is 42.4 Å². The molecule has 7 heteroatoms. The molecule has 2 aromatic heterocycles. The first-order chi connectivity index (χ1) is 13.6. The Balaban J connectivity index is 1.46. The van der Waals surface area contributed by atoms with Crippen LogP contribution in [0.15, 0.2) is 59.5 Å². The Morgan fingerprint density at radius 2 is 2.11 bits per heavy atom. The number of nitrogens with one attached hydrogen (secondary N) is 1. The van der Waals surface area contributed by atoms with Gasteiger partial charge < -0.3 is 10.2 Å². The van der Waals surface area contributed by atoms with Gasteiger partial charge in [0.2, 0.25) is 0 Å². The summed E-state index contributed by atoms with van der Waals surface area (Å²) in [6, 6.07) is 11.2. The summed E-state index contributed by atoms with van der Waals surface area (Å²) < 4.78 is 2.81. The Kier molecular flexibility index (Phi) is 5.43. The highest BCUT2D eigenvalue weighted by Gasteiger charge is 2.27. The highest BCUT2D eigenvalue weighted by molar-refractivity contribution is 9.10. The van der Waals surface area contributed by atoms with Crippen LogP contribution >= 0.6 is 15.9 Å². The van der Waals surface area contributed by atoms with Crippen LogP contribution in [0.3, 0.4) is 0 Å². The van der Waals surface area contributed by atoms with Crippen LogP contribution in [0.1, 0.15) is 22.3 Å². The van der Waals surface area contributed by atoms with E-state index in [0.717, 1.165) is 41.9 Å². The fourth-order valence-corrected chi connectivity index (χ4v) is 3.92. The highest BCUT2D eigenvalue weighted by atomic mass is 79.9. The number of amides is 1. The molecule has 0 aliphatic carbocycles. The molecular weight excluding hydrogens is 418 g/mol. The van der Waals surface area contributed by atoms with Crippen molar-refractivity contribution in [1.29, 1.82) is 0 Å². The molecule has 1 aliphatic heterocycles. The number of hydrogen-bond acceptors (Lipinski definition) is 4. The molecule has 0 radical (unpaired) electrons. The van der Waals surface area contributed by atoms with E-state index in [4.69, 9.17) is 0 Å². The van der Waals surface area contributed by atoms with Gasteiger partial charge in [-0.1, -0.05) is 15.9 Å². The second-order valence-electron chi connectivity index (χ2n) is 7.16. The van der Waals surface area contributed by atoms with Crippen molar-refractivity contribution < 1.29 is 4.79 Å². The monoisotopic (exact) mass is 439 g/mol. The van der Waals surface area contributed by atoms with Crippen LogP contribution in [0.4, 0.5) is 11.5 Å². The summed E-state index contributed by atoms with van der Waals surface area (Å²) in [5.41, 5.74) is 2.62. The lowest BCUT2D eigenvalue weighted by molar-refractivity contribution is 0.102. The first kappa shape index (κ1) is 18.7. The quantitative estimate of drug-likeness (QED) is 0.654. The highest BCUT2D eigenvalue weighted by Crippen LogP contribution is 2.28. The molecule has 1 aliphatic rings. The molecule has 3 heterocycles.